The minimum Gasteiger partial charge on any atom is -1.00 e. The molecule has 63 heavy (non-hydrogen) atoms. The number of piperidine rings is 1. The van der Waals surface area contributed by atoms with E-state index in [-0.39, 0.29) is 12.4 Å². The van der Waals surface area contributed by atoms with E-state index >= 15 is 0 Å². The van der Waals surface area contributed by atoms with E-state index in [1.54, 1.807) is 0 Å². The number of hydrogen-bond donors (Lipinski definition) is 0. The van der Waals surface area contributed by atoms with Gasteiger partial charge in [0.25, 0.3) is 5.82 Å². The van der Waals surface area contributed by atoms with Crippen molar-refractivity contribution in [2.45, 2.75) is 22.6 Å². The first-order valence-electron chi connectivity index (χ1n) is 21.5. The molecule has 3 aliphatic rings. The summed E-state index contributed by atoms with van der Waals surface area (Å²) in [6, 6.07) is 61.3. The van der Waals surface area contributed by atoms with E-state index in [2.05, 4.69) is 220 Å². The molecular weight excluding hydrogens is 832 g/mol. The van der Waals surface area contributed by atoms with Crippen molar-refractivity contribution in [2.24, 2.45) is 10.9 Å². The molecule has 2 aromatic heterocycles. The molecule has 0 radical (unpaired) electrons. The summed E-state index contributed by atoms with van der Waals surface area (Å²) in [6.07, 6.45) is 6.85. The smallest absolute Gasteiger partial charge is 0.282 e. The summed E-state index contributed by atoms with van der Waals surface area (Å²) in [4.78, 5) is 15.3. The van der Waals surface area contributed by atoms with Crippen LogP contribution in [-0.4, -0.2) is 38.3 Å². The minimum absolute atomic E-state index is 0. The standard InChI is InChI=1S/C54H47N6S2.ClH/c1-56-47-25-13-15-27-49(47)61-53(56)35-39-33-51(59(41-17-5-3-6-18-41)45-23-11-9-21-43(39)45)55-37-38-29-31-58(32-30-38)52-34-40(36-54-57(2)48-26-14-16-28-50(48)62-54)44-22-10-12-24-46(44)60(52)42-19-7-4-8-20-42;/h3-28,33-36,38H,29-32,37H2,1-2H3;1H/q+1;/p-1/b53-35+,55-51?;. The maximum atomic E-state index is 5.52. The van der Waals surface area contributed by atoms with E-state index in [0.717, 1.165) is 49.2 Å². The Morgan fingerprint density at radius 1 is 0.603 bits per heavy atom. The van der Waals surface area contributed by atoms with Crippen LogP contribution < -0.4 is 37.2 Å². The molecule has 6 nitrogen and oxygen atoms in total. The lowest BCUT2D eigenvalue weighted by Crippen LogP contribution is -3.00. The van der Waals surface area contributed by atoms with Gasteiger partial charge in [-0.1, -0.05) is 121 Å². The van der Waals surface area contributed by atoms with Crippen LogP contribution in [0.2, 0.25) is 0 Å². The molecule has 3 aliphatic heterocycles. The first-order valence-corrected chi connectivity index (χ1v) is 23.1. The summed E-state index contributed by atoms with van der Waals surface area (Å²) in [6.45, 7) is 2.69. The van der Waals surface area contributed by atoms with Gasteiger partial charge in [-0.25, -0.2) is 0 Å². The van der Waals surface area contributed by atoms with E-state index in [1.807, 2.05) is 23.5 Å². The molecule has 0 bridgehead atoms. The molecule has 6 aromatic carbocycles. The van der Waals surface area contributed by atoms with Crippen LogP contribution in [-0.2, 0) is 0 Å². The van der Waals surface area contributed by atoms with Gasteiger partial charge in [0.1, 0.15) is 16.7 Å². The zero-order valence-corrected chi connectivity index (χ0v) is 37.7. The van der Waals surface area contributed by atoms with E-state index in [4.69, 9.17) is 4.99 Å². The molecular formula is C54H47ClN6S2. The number of fused-ring (bicyclic) bond motifs is 4. The summed E-state index contributed by atoms with van der Waals surface area (Å²) in [5.41, 5.74) is 10.6. The number of anilines is 3. The molecule has 0 amide bonds. The Bertz CT molecular complexity index is 3120. The highest BCUT2D eigenvalue weighted by atomic mass is 35.5. The van der Waals surface area contributed by atoms with Crippen molar-refractivity contribution in [2.75, 3.05) is 48.4 Å². The molecule has 0 atom stereocenters. The predicted octanol–water partition coefficient (Wildman–Crippen LogP) is 8.96. The fourth-order valence-corrected chi connectivity index (χ4v) is 11.5. The normalized spacial score (nSPS) is 16.6. The van der Waals surface area contributed by atoms with Crippen LogP contribution in [0.5, 0.6) is 0 Å². The second kappa shape index (κ2) is 17.5. The Balaban J connectivity index is 0.00000471. The number of thioether (sulfide) groups is 2. The van der Waals surface area contributed by atoms with E-state index in [9.17, 15) is 0 Å². The fourth-order valence-electron chi connectivity index (χ4n) is 9.25. The third-order valence-electron chi connectivity index (χ3n) is 12.5. The third kappa shape index (κ3) is 7.71. The van der Waals surface area contributed by atoms with Crippen molar-refractivity contribution in [3.63, 3.8) is 0 Å². The molecule has 0 spiro atoms. The topological polar surface area (TPSA) is 30.9 Å². The molecule has 5 heterocycles. The Hall–Kier alpha value is -6.19. The Morgan fingerprint density at radius 3 is 1.79 bits per heavy atom. The van der Waals surface area contributed by atoms with E-state index in [0.29, 0.717) is 5.92 Å². The van der Waals surface area contributed by atoms with Gasteiger partial charge < -0.3 is 22.2 Å². The fraction of sp³-hybridized carbons (Fsp3) is 0.148. The quantitative estimate of drug-likeness (QED) is 0.149. The third-order valence-corrected chi connectivity index (χ3v) is 14.9. The van der Waals surface area contributed by atoms with Crippen LogP contribution in [0.3, 0.4) is 0 Å². The summed E-state index contributed by atoms with van der Waals surface area (Å²) < 4.78 is 4.81. The average Bonchev–Trinajstić information content (AvgIpc) is 3.82. The number of benzene rings is 6. The maximum Gasteiger partial charge on any atom is 0.282 e. The zero-order valence-electron chi connectivity index (χ0n) is 35.3. The molecule has 8 aromatic rings. The van der Waals surface area contributed by atoms with Gasteiger partial charge >= 0.3 is 0 Å². The molecule has 11 rings (SSSR count). The Kier molecular flexibility index (Phi) is 11.4. The SMILES string of the molecule is CN1C(=Cc2cc(N3CCC(CN=c4cc(/C=C5/Sc6ccccc6N5C)c5ccccc5n4-c4ccccc4)CC3)[n+](-c3ccccc3)c3ccccc23)Sc2ccccc21.[Cl-]. The summed E-state index contributed by atoms with van der Waals surface area (Å²) in [5, 5.41) is 4.90. The average molecular weight is 880 g/mol. The van der Waals surface area contributed by atoms with Crippen LogP contribution in [0, 0.1) is 5.92 Å². The van der Waals surface area contributed by atoms with Gasteiger partial charge in [0, 0.05) is 53.0 Å². The molecule has 1 saturated heterocycles. The van der Waals surface area contributed by atoms with Crippen LogP contribution in [0.1, 0.15) is 24.0 Å². The van der Waals surface area contributed by atoms with Crippen molar-refractivity contribution in [1.82, 2.24) is 4.57 Å². The van der Waals surface area contributed by atoms with Crippen molar-refractivity contribution in [3.8, 4) is 11.4 Å². The maximum absolute atomic E-state index is 5.52. The molecule has 9 heteroatoms. The second-order valence-corrected chi connectivity index (χ2v) is 18.4. The number of halogens is 1. The summed E-state index contributed by atoms with van der Waals surface area (Å²) in [7, 11) is 4.35. The zero-order chi connectivity index (χ0) is 41.6. The van der Waals surface area contributed by atoms with Gasteiger partial charge in [-0.2, -0.15) is 4.57 Å². The number of aromatic nitrogens is 2. The summed E-state index contributed by atoms with van der Waals surface area (Å²) >= 11 is 3.68. The Morgan fingerprint density at radius 2 is 1.14 bits per heavy atom. The number of para-hydroxylation sites is 6. The monoisotopic (exact) mass is 878 g/mol. The predicted molar refractivity (Wildman–Crippen MR) is 261 cm³/mol. The highest BCUT2D eigenvalue weighted by Gasteiger charge is 2.31. The molecule has 0 unspecified atom stereocenters. The summed E-state index contributed by atoms with van der Waals surface area (Å²) in [5.74, 6) is 1.69. The van der Waals surface area contributed by atoms with Gasteiger partial charge in [-0.05, 0) is 109 Å². The highest BCUT2D eigenvalue weighted by molar-refractivity contribution is 8.04. The molecule has 0 saturated carbocycles. The van der Waals surface area contributed by atoms with E-state index in [1.165, 1.54) is 70.1 Å². The Labute approximate surface area is 383 Å². The van der Waals surface area contributed by atoms with Crippen LogP contribution in [0.15, 0.2) is 195 Å². The van der Waals surface area contributed by atoms with Gasteiger partial charge in [-0.15, -0.1) is 0 Å². The number of rotatable bonds is 7. The number of pyridine rings is 2. The number of hydrogen-bond acceptors (Lipinski definition) is 6. The minimum atomic E-state index is 0. The molecule has 0 aliphatic carbocycles. The van der Waals surface area contributed by atoms with Crippen molar-refractivity contribution in [1.29, 1.82) is 0 Å². The first-order chi connectivity index (χ1) is 30.6. The molecule has 1 fully saturated rings. The van der Waals surface area contributed by atoms with E-state index < -0.39 is 0 Å². The van der Waals surface area contributed by atoms with Crippen molar-refractivity contribution in [3.05, 3.63) is 197 Å². The first kappa shape index (κ1) is 40.9. The molecule has 312 valence electrons. The lowest BCUT2D eigenvalue weighted by molar-refractivity contribution is -0.554. The van der Waals surface area contributed by atoms with Crippen molar-refractivity contribution >= 4 is 74.7 Å². The highest BCUT2D eigenvalue weighted by Crippen LogP contribution is 2.47. The lowest BCUT2D eigenvalue weighted by atomic mass is 9.96. The van der Waals surface area contributed by atoms with Crippen LogP contribution >= 0.6 is 23.5 Å². The number of nitrogens with zero attached hydrogens (tertiary/aromatic N) is 6. The van der Waals surface area contributed by atoms with Gasteiger partial charge in [-0.3, -0.25) is 14.5 Å². The van der Waals surface area contributed by atoms with Gasteiger partial charge in [0.15, 0.2) is 0 Å². The molecule has 0 N–H and O–H groups in total. The van der Waals surface area contributed by atoms with Gasteiger partial charge in [0.05, 0.1) is 40.0 Å². The van der Waals surface area contributed by atoms with Crippen LogP contribution in [0.4, 0.5) is 17.2 Å². The largest absolute Gasteiger partial charge is 1.00 e. The van der Waals surface area contributed by atoms with Crippen molar-refractivity contribution < 1.29 is 17.0 Å². The van der Waals surface area contributed by atoms with Gasteiger partial charge in [0.2, 0.25) is 0 Å². The second-order valence-electron chi connectivity index (χ2n) is 16.3. The van der Waals surface area contributed by atoms with Crippen LogP contribution in [0.25, 0.3) is 45.3 Å². The lowest BCUT2D eigenvalue weighted by Gasteiger charge is -2.29.